The third kappa shape index (κ3) is 4.13. The molecule has 0 bridgehead atoms. The van der Waals surface area contributed by atoms with Crippen molar-refractivity contribution in [2.75, 3.05) is 37.1 Å². The van der Waals surface area contributed by atoms with Crippen LogP contribution < -0.4 is 4.90 Å². The summed E-state index contributed by atoms with van der Waals surface area (Å²) >= 11 is 1.98. The molecule has 2 heterocycles. The molecular formula is C14H20N2O2S. The van der Waals surface area contributed by atoms with Gasteiger partial charge in [-0.25, -0.2) is 9.78 Å². The summed E-state index contributed by atoms with van der Waals surface area (Å²) in [5.74, 6) is 3.41. The fourth-order valence-electron chi connectivity index (χ4n) is 1.98. The average molecular weight is 280 g/mol. The predicted octanol–water partition coefficient (Wildman–Crippen LogP) is 2.45. The van der Waals surface area contributed by atoms with E-state index in [-0.39, 0.29) is 5.97 Å². The van der Waals surface area contributed by atoms with E-state index in [1.165, 1.54) is 11.5 Å². The van der Waals surface area contributed by atoms with Crippen molar-refractivity contribution < 1.29 is 9.53 Å². The van der Waals surface area contributed by atoms with E-state index >= 15 is 0 Å². The third-order valence-corrected chi connectivity index (χ3v) is 4.28. The molecule has 104 valence electrons. The largest absolute Gasteiger partial charge is 0.462 e. The van der Waals surface area contributed by atoms with Crippen molar-refractivity contribution in [2.24, 2.45) is 5.92 Å². The molecule has 0 atom stereocenters. The lowest BCUT2D eigenvalue weighted by Gasteiger charge is -2.20. The number of pyridine rings is 1. The van der Waals surface area contributed by atoms with Crippen LogP contribution in [0.25, 0.3) is 0 Å². The highest BCUT2D eigenvalue weighted by Gasteiger charge is 2.17. The van der Waals surface area contributed by atoms with Gasteiger partial charge in [-0.3, -0.25) is 0 Å². The molecule has 1 aliphatic rings. The molecule has 1 saturated heterocycles. The van der Waals surface area contributed by atoms with Crippen LogP contribution in [0.5, 0.6) is 0 Å². The molecular weight excluding hydrogens is 260 g/mol. The van der Waals surface area contributed by atoms with E-state index in [2.05, 4.69) is 4.98 Å². The van der Waals surface area contributed by atoms with Crippen molar-refractivity contribution >= 4 is 23.5 Å². The summed E-state index contributed by atoms with van der Waals surface area (Å²) in [6.07, 6.45) is 3.94. The van der Waals surface area contributed by atoms with E-state index in [0.717, 1.165) is 18.7 Å². The van der Waals surface area contributed by atoms with Gasteiger partial charge >= 0.3 is 5.97 Å². The Morgan fingerprint density at radius 1 is 1.47 bits per heavy atom. The van der Waals surface area contributed by atoms with E-state index in [9.17, 15) is 4.79 Å². The summed E-state index contributed by atoms with van der Waals surface area (Å²) in [6.45, 7) is 0.541. The Bertz CT molecular complexity index is 431. The molecule has 0 aliphatic carbocycles. The molecule has 0 aromatic carbocycles. The van der Waals surface area contributed by atoms with Crippen LogP contribution in [-0.2, 0) is 4.74 Å². The van der Waals surface area contributed by atoms with Crippen LogP contribution in [0.2, 0.25) is 0 Å². The molecule has 2 rings (SSSR count). The monoisotopic (exact) mass is 280 g/mol. The van der Waals surface area contributed by atoms with Crippen molar-refractivity contribution in [3.8, 4) is 0 Å². The van der Waals surface area contributed by atoms with Crippen LogP contribution in [-0.4, -0.2) is 43.2 Å². The second-order valence-electron chi connectivity index (χ2n) is 4.95. The molecule has 5 heteroatoms. The van der Waals surface area contributed by atoms with Gasteiger partial charge < -0.3 is 9.64 Å². The number of carbonyl (C=O) groups excluding carboxylic acids is 1. The lowest BCUT2D eigenvalue weighted by Crippen LogP contribution is -2.19. The van der Waals surface area contributed by atoms with Crippen molar-refractivity contribution in [1.29, 1.82) is 0 Å². The summed E-state index contributed by atoms with van der Waals surface area (Å²) in [4.78, 5) is 18.0. The Morgan fingerprint density at radius 2 is 2.21 bits per heavy atom. The maximum atomic E-state index is 12.0. The number of aromatic nitrogens is 1. The number of esters is 1. The summed E-state index contributed by atoms with van der Waals surface area (Å²) in [6, 6.07) is 3.46. The molecule has 1 aliphatic heterocycles. The van der Waals surface area contributed by atoms with E-state index < -0.39 is 0 Å². The highest BCUT2D eigenvalue weighted by atomic mass is 32.2. The van der Waals surface area contributed by atoms with E-state index in [1.54, 1.807) is 18.3 Å². The lowest BCUT2D eigenvalue weighted by molar-refractivity contribution is 0.0433. The standard InChI is InChI=1S/C14H20N2O2S/c1-16(2)13-9-12(3-6-15-13)14(17)18-10-11-4-7-19-8-5-11/h3,6,9,11H,4-5,7-8,10H2,1-2H3. The van der Waals surface area contributed by atoms with Gasteiger partial charge in [0.15, 0.2) is 0 Å². The second kappa shape index (κ2) is 6.80. The van der Waals surface area contributed by atoms with Crippen molar-refractivity contribution in [2.45, 2.75) is 12.8 Å². The van der Waals surface area contributed by atoms with E-state index in [4.69, 9.17) is 4.74 Å². The Labute approximate surface area is 118 Å². The number of hydrogen-bond donors (Lipinski definition) is 0. The first-order valence-corrected chi connectivity index (χ1v) is 7.70. The number of thioether (sulfide) groups is 1. The smallest absolute Gasteiger partial charge is 0.338 e. The summed E-state index contributed by atoms with van der Waals surface area (Å²) in [5, 5.41) is 0. The van der Waals surface area contributed by atoms with Gasteiger partial charge in [-0.2, -0.15) is 11.8 Å². The quantitative estimate of drug-likeness (QED) is 0.793. The normalized spacial score (nSPS) is 16.1. The number of ether oxygens (including phenoxy) is 1. The van der Waals surface area contributed by atoms with Gasteiger partial charge in [0.2, 0.25) is 0 Å². The Morgan fingerprint density at radius 3 is 2.89 bits per heavy atom. The van der Waals surface area contributed by atoms with Gasteiger partial charge in [0.25, 0.3) is 0 Å². The molecule has 4 nitrogen and oxygen atoms in total. The minimum absolute atomic E-state index is 0.247. The molecule has 1 aromatic heterocycles. The number of anilines is 1. The average Bonchev–Trinajstić information content (AvgIpc) is 2.46. The van der Waals surface area contributed by atoms with Gasteiger partial charge in [-0.05, 0) is 42.4 Å². The van der Waals surface area contributed by atoms with Crippen LogP contribution in [0.4, 0.5) is 5.82 Å². The maximum absolute atomic E-state index is 12.0. The predicted molar refractivity (Wildman–Crippen MR) is 78.9 cm³/mol. The minimum Gasteiger partial charge on any atom is -0.462 e. The van der Waals surface area contributed by atoms with Gasteiger partial charge in [-0.1, -0.05) is 0 Å². The number of nitrogens with zero attached hydrogens (tertiary/aromatic N) is 2. The third-order valence-electron chi connectivity index (χ3n) is 3.23. The molecule has 0 N–H and O–H groups in total. The van der Waals surface area contributed by atoms with Gasteiger partial charge in [0, 0.05) is 20.3 Å². The van der Waals surface area contributed by atoms with Crippen LogP contribution in [0.15, 0.2) is 18.3 Å². The maximum Gasteiger partial charge on any atom is 0.338 e. The number of rotatable bonds is 4. The minimum atomic E-state index is -0.247. The second-order valence-corrected chi connectivity index (χ2v) is 6.18. The van der Waals surface area contributed by atoms with Crippen molar-refractivity contribution in [3.63, 3.8) is 0 Å². The molecule has 1 fully saturated rings. The molecule has 0 saturated carbocycles. The topological polar surface area (TPSA) is 42.4 Å². The van der Waals surface area contributed by atoms with Crippen LogP contribution in [0.1, 0.15) is 23.2 Å². The van der Waals surface area contributed by atoms with Crippen LogP contribution in [0, 0.1) is 5.92 Å². The number of carbonyl (C=O) groups is 1. The lowest BCUT2D eigenvalue weighted by atomic mass is 10.0. The molecule has 0 unspecified atom stereocenters. The summed E-state index contributed by atoms with van der Waals surface area (Å²) < 4.78 is 5.41. The van der Waals surface area contributed by atoms with Crippen molar-refractivity contribution in [1.82, 2.24) is 4.98 Å². The first-order valence-electron chi connectivity index (χ1n) is 6.55. The highest BCUT2D eigenvalue weighted by Crippen LogP contribution is 2.23. The SMILES string of the molecule is CN(C)c1cc(C(=O)OCC2CCSCC2)ccn1. The van der Waals surface area contributed by atoms with Crippen LogP contribution in [0.3, 0.4) is 0 Å². The summed E-state index contributed by atoms with van der Waals surface area (Å²) in [5.41, 5.74) is 0.573. The first kappa shape index (κ1) is 14.2. The zero-order chi connectivity index (χ0) is 13.7. The molecule has 1 aromatic rings. The Balaban J connectivity index is 1.90. The van der Waals surface area contributed by atoms with Gasteiger partial charge in [0.05, 0.1) is 12.2 Å². The fraction of sp³-hybridized carbons (Fsp3) is 0.571. The van der Waals surface area contributed by atoms with Crippen LogP contribution >= 0.6 is 11.8 Å². The van der Waals surface area contributed by atoms with E-state index in [1.807, 2.05) is 30.8 Å². The molecule has 19 heavy (non-hydrogen) atoms. The Hall–Kier alpha value is -1.23. The fourth-order valence-corrected chi connectivity index (χ4v) is 3.18. The zero-order valence-electron chi connectivity index (χ0n) is 11.5. The van der Waals surface area contributed by atoms with Gasteiger partial charge in [0.1, 0.15) is 5.82 Å². The van der Waals surface area contributed by atoms with Crippen molar-refractivity contribution in [3.05, 3.63) is 23.9 Å². The zero-order valence-corrected chi connectivity index (χ0v) is 12.3. The highest BCUT2D eigenvalue weighted by molar-refractivity contribution is 7.99. The first-order chi connectivity index (χ1) is 9.16. The number of hydrogen-bond acceptors (Lipinski definition) is 5. The van der Waals surface area contributed by atoms with Gasteiger partial charge in [-0.15, -0.1) is 0 Å². The molecule has 0 radical (unpaired) electrons. The molecule has 0 spiro atoms. The Kier molecular flexibility index (Phi) is 5.07. The van der Waals surface area contributed by atoms with E-state index in [0.29, 0.717) is 18.1 Å². The molecule has 0 amide bonds. The summed E-state index contributed by atoms with van der Waals surface area (Å²) in [7, 11) is 3.80.